The van der Waals surface area contributed by atoms with Crippen molar-refractivity contribution in [2.24, 2.45) is 5.16 Å². The van der Waals surface area contributed by atoms with E-state index in [1.54, 1.807) is 0 Å². The van der Waals surface area contributed by atoms with Crippen molar-refractivity contribution in [2.75, 3.05) is 14.2 Å². The van der Waals surface area contributed by atoms with Crippen LogP contribution in [0.4, 0.5) is 0 Å². The van der Waals surface area contributed by atoms with Gasteiger partial charge in [-0.25, -0.2) is 4.79 Å². The number of rotatable bonds is 8. The maximum Gasteiger partial charge on any atom is 0.347 e. The molecule has 0 amide bonds. The lowest BCUT2D eigenvalue weighted by Gasteiger charge is -2.07. The number of carbonyl (C=O) groups excluding carboxylic acids is 1. The van der Waals surface area contributed by atoms with Gasteiger partial charge in [0, 0.05) is 10.5 Å². The maximum absolute atomic E-state index is 11.8. The zero-order chi connectivity index (χ0) is 18.8. The molecular formula is C20H21NO4S. The summed E-state index contributed by atoms with van der Waals surface area (Å²) in [4.78, 5) is 18.4. The Morgan fingerprint density at radius 3 is 2.58 bits per heavy atom. The van der Waals surface area contributed by atoms with Gasteiger partial charge in [0.15, 0.2) is 0 Å². The molecule has 0 unspecified atom stereocenters. The second-order valence-corrected chi connectivity index (χ2v) is 6.39. The second kappa shape index (κ2) is 10.3. The molecule has 0 N–H and O–H groups in total. The molecule has 0 atom stereocenters. The fourth-order valence-electron chi connectivity index (χ4n) is 2.06. The average Bonchev–Trinajstić information content (AvgIpc) is 2.68. The van der Waals surface area contributed by atoms with Crippen molar-refractivity contribution >= 4 is 23.4 Å². The Morgan fingerprint density at radius 1 is 1.12 bits per heavy atom. The lowest BCUT2D eigenvalue weighted by Crippen LogP contribution is -2.02. The lowest BCUT2D eigenvalue weighted by molar-refractivity contribution is -0.135. The molecule has 0 aliphatic rings. The van der Waals surface area contributed by atoms with E-state index in [1.165, 1.54) is 32.2 Å². The number of hydrogen-bond acceptors (Lipinski definition) is 6. The normalized spacial score (nSPS) is 11.8. The topological polar surface area (TPSA) is 57.1 Å². The highest BCUT2D eigenvalue weighted by Gasteiger charge is 2.13. The summed E-state index contributed by atoms with van der Waals surface area (Å²) in [5, 5.41) is 4.17. The summed E-state index contributed by atoms with van der Waals surface area (Å²) in [6, 6.07) is 17.5. The van der Waals surface area contributed by atoms with E-state index in [0.717, 1.165) is 21.7 Å². The summed E-state index contributed by atoms with van der Waals surface area (Å²) in [6.07, 6.45) is 1.37. The van der Waals surface area contributed by atoms with Gasteiger partial charge in [0.1, 0.15) is 17.8 Å². The van der Waals surface area contributed by atoms with E-state index in [9.17, 15) is 4.79 Å². The van der Waals surface area contributed by atoms with Crippen LogP contribution in [0.2, 0.25) is 0 Å². The molecule has 0 aromatic heterocycles. The molecule has 0 spiro atoms. The number of thioether (sulfide) groups is 1. The van der Waals surface area contributed by atoms with Gasteiger partial charge in [0.05, 0.1) is 19.9 Å². The summed E-state index contributed by atoms with van der Waals surface area (Å²) in [7, 11) is 2.82. The number of benzene rings is 2. The first-order valence-electron chi connectivity index (χ1n) is 7.94. The summed E-state index contributed by atoms with van der Waals surface area (Å²) < 4.78 is 9.70. The number of carbonyl (C=O) groups is 1. The predicted molar refractivity (Wildman–Crippen MR) is 103 cm³/mol. The van der Waals surface area contributed by atoms with Crippen molar-refractivity contribution in [2.45, 2.75) is 18.4 Å². The van der Waals surface area contributed by atoms with Crippen LogP contribution in [0.1, 0.15) is 18.1 Å². The average molecular weight is 371 g/mol. The predicted octanol–water partition coefficient (Wildman–Crippen LogP) is 4.38. The Labute approximate surface area is 157 Å². The number of nitrogens with zero attached hydrogens (tertiary/aromatic N) is 1. The van der Waals surface area contributed by atoms with E-state index in [2.05, 4.69) is 5.16 Å². The SMILES string of the molecule is CO/C=C(/Sc1cccc(/C(C)=N/OCc2ccccc2)c1)C(=O)OC. The summed E-state index contributed by atoms with van der Waals surface area (Å²) in [5.41, 5.74) is 2.71. The number of oxime groups is 1. The van der Waals surface area contributed by atoms with Crippen LogP contribution in [-0.2, 0) is 25.7 Å². The zero-order valence-corrected chi connectivity index (χ0v) is 15.8. The molecule has 0 radical (unpaired) electrons. The van der Waals surface area contributed by atoms with Gasteiger partial charge in [-0.2, -0.15) is 0 Å². The quantitative estimate of drug-likeness (QED) is 0.172. The van der Waals surface area contributed by atoms with Crippen molar-refractivity contribution in [1.82, 2.24) is 0 Å². The molecule has 2 aromatic carbocycles. The third-order valence-corrected chi connectivity index (χ3v) is 4.34. The van der Waals surface area contributed by atoms with E-state index in [4.69, 9.17) is 14.3 Å². The fraction of sp³-hybridized carbons (Fsp3) is 0.200. The van der Waals surface area contributed by atoms with Crippen molar-refractivity contribution in [3.63, 3.8) is 0 Å². The van der Waals surface area contributed by atoms with E-state index < -0.39 is 5.97 Å². The van der Waals surface area contributed by atoms with Gasteiger partial charge in [-0.05, 0) is 24.6 Å². The minimum absolute atomic E-state index is 0.363. The Morgan fingerprint density at radius 2 is 1.88 bits per heavy atom. The van der Waals surface area contributed by atoms with Crippen LogP contribution in [0.5, 0.6) is 0 Å². The van der Waals surface area contributed by atoms with Crippen LogP contribution in [-0.4, -0.2) is 25.9 Å². The smallest absolute Gasteiger partial charge is 0.347 e. The molecule has 26 heavy (non-hydrogen) atoms. The highest BCUT2D eigenvalue weighted by molar-refractivity contribution is 8.04. The van der Waals surface area contributed by atoms with Gasteiger partial charge >= 0.3 is 5.97 Å². The third kappa shape index (κ3) is 5.97. The minimum atomic E-state index is -0.446. The van der Waals surface area contributed by atoms with Crippen LogP contribution >= 0.6 is 11.8 Å². The Hall–Kier alpha value is -2.73. The van der Waals surface area contributed by atoms with Crippen molar-refractivity contribution in [3.05, 3.63) is 76.9 Å². The Bertz CT molecular complexity index is 787. The van der Waals surface area contributed by atoms with Gasteiger partial charge in [-0.15, -0.1) is 0 Å². The number of methoxy groups -OCH3 is 2. The Balaban J connectivity index is 2.06. The molecule has 0 bridgehead atoms. The first-order valence-corrected chi connectivity index (χ1v) is 8.75. The van der Waals surface area contributed by atoms with Crippen LogP contribution in [0.25, 0.3) is 0 Å². The van der Waals surface area contributed by atoms with Crippen molar-refractivity contribution in [3.8, 4) is 0 Å². The number of hydrogen-bond donors (Lipinski definition) is 0. The van der Waals surface area contributed by atoms with Crippen molar-refractivity contribution in [1.29, 1.82) is 0 Å². The van der Waals surface area contributed by atoms with Gasteiger partial charge in [-0.1, -0.05) is 59.4 Å². The molecule has 0 saturated heterocycles. The summed E-state index contributed by atoms with van der Waals surface area (Å²) in [5.74, 6) is -0.446. The van der Waals surface area contributed by atoms with E-state index in [0.29, 0.717) is 11.5 Å². The van der Waals surface area contributed by atoms with Gasteiger partial charge in [0.2, 0.25) is 0 Å². The van der Waals surface area contributed by atoms with Gasteiger partial charge in [-0.3, -0.25) is 0 Å². The Kier molecular flexibility index (Phi) is 7.76. The molecule has 136 valence electrons. The van der Waals surface area contributed by atoms with E-state index in [1.807, 2.05) is 61.5 Å². The molecule has 6 heteroatoms. The number of ether oxygens (including phenoxy) is 2. The first kappa shape index (κ1) is 19.6. The monoisotopic (exact) mass is 371 g/mol. The molecule has 0 aliphatic carbocycles. The summed E-state index contributed by atoms with van der Waals surface area (Å²) in [6.45, 7) is 2.29. The standard InChI is InChI=1S/C20H21NO4S/c1-15(21-25-13-16-8-5-4-6-9-16)17-10-7-11-18(12-17)26-19(14-23-2)20(22)24-3/h4-12,14H,13H2,1-3H3/b19-14+,21-15+. The molecule has 0 saturated carbocycles. The van der Waals surface area contributed by atoms with Gasteiger partial charge in [0.25, 0.3) is 0 Å². The first-order chi connectivity index (χ1) is 12.6. The van der Waals surface area contributed by atoms with Crippen LogP contribution < -0.4 is 0 Å². The minimum Gasteiger partial charge on any atom is -0.503 e. The molecular weight excluding hydrogens is 350 g/mol. The van der Waals surface area contributed by atoms with Gasteiger partial charge < -0.3 is 14.3 Å². The zero-order valence-electron chi connectivity index (χ0n) is 15.0. The molecule has 5 nitrogen and oxygen atoms in total. The highest BCUT2D eigenvalue weighted by Crippen LogP contribution is 2.28. The maximum atomic E-state index is 11.8. The fourth-order valence-corrected chi connectivity index (χ4v) is 2.96. The molecule has 0 aliphatic heterocycles. The van der Waals surface area contributed by atoms with Crippen LogP contribution in [0, 0.1) is 0 Å². The van der Waals surface area contributed by atoms with Crippen molar-refractivity contribution < 1.29 is 19.1 Å². The lowest BCUT2D eigenvalue weighted by atomic mass is 10.1. The molecule has 0 heterocycles. The summed E-state index contributed by atoms with van der Waals surface area (Å²) >= 11 is 1.26. The highest BCUT2D eigenvalue weighted by atomic mass is 32.2. The molecule has 0 fully saturated rings. The van der Waals surface area contributed by atoms with Crippen LogP contribution in [0.15, 0.2) is 75.8 Å². The number of esters is 1. The van der Waals surface area contributed by atoms with E-state index in [-0.39, 0.29) is 0 Å². The van der Waals surface area contributed by atoms with E-state index >= 15 is 0 Å². The largest absolute Gasteiger partial charge is 0.503 e. The van der Waals surface area contributed by atoms with Crippen LogP contribution in [0.3, 0.4) is 0 Å². The molecule has 2 aromatic rings. The molecule has 2 rings (SSSR count). The third-order valence-electron chi connectivity index (χ3n) is 3.37. The second-order valence-electron chi connectivity index (χ2n) is 5.28.